The zero-order valence-electron chi connectivity index (χ0n) is 14.9. The quantitative estimate of drug-likeness (QED) is 0.442. The maximum Gasteiger partial charge on any atom is 0.257 e. The number of amides is 1. The molecule has 0 bridgehead atoms. The summed E-state index contributed by atoms with van der Waals surface area (Å²) in [5.41, 5.74) is 3.47. The summed E-state index contributed by atoms with van der Waals surface area (Å²) in [7, 11) is 0. The first-order chi connectivity index (χ1) is 13.5. The maximum absolute atomic E-state index is 13.0. The van der Waals surface area contributed by atoms with E-state index in [9.17, 15) is 4.79 Å². The van der Waals surface area contributed by atoms with Crippen molar-refractivity contribution in [2.75, 3.05) is 5.32 Å². The maximum atomic E-state index is 13.0. The Balaban J connectivity index is 1.82. The fourth-order valence-corrected chi connectivity index (χ4v) is 3.26. The van der Waals surface area contributed by atoms with Crippen LogP contribution in [0.1, 0.15) is 16.1 Å². The summed E-state index contributed by atoms with van der Waals surface area (Å²) >= 11 is 12.2. The standard InChI is InChI=1S/C22H15Cl2N3O/c1-13-5-4-8-21(25-13)27-22(28)16-12-20(14-9-10-17(23)18(24)11-14)26-19-7-3-2-6-15(16)19/h2-12H,1H3,(H,25,27,28). The molecule has 0 aliphatic heterocycles. The van der Waals surface area contributed by atoms with Crippen molar-refractivity contribution in [2.24, 2.45) is 0 Å². The van der Waals surface area contributed by atoms with Crippen LogP contribution in [0.3, 0.4) is 0 Å². The molecule has 6 heteroatoms. The number of hydrogen-bond acceptors (Lipinski definition) is 3. The van der Waals surface area contributed by atoms with E-state index in [4.69, 9.17) is 23.2 Å². The summed E-state index contributed by atoms with van der Waals surface area (Å²) in [6.45, 7) is 1.87. The zero-order valence-corrected chi connectivity index (χ0v) is 16.4. The lowest BCUT2D eigenvalue weighted by molar-refractivity contribution is 0.102. The highest BCUT2D eigenvalue weighted by molar-refractivity contribution is 6.42. The van der Waals surface area contributed by atoms with E-state index in [-0.39, 0.29) is 5.91 Å². The van der Waals surface area contributed by atoms with E-state index in [1.165, 1.54) is 0 Å². The number of halogens is 2. The first-order valence-electron chi connectivity index (χ1n) is 8.61. The average Bonchev–Trinajstić information content (AvgIpc) is 2.69. The van der Waals surface area contributed by atoms with Crippen molar-refractivity contribution >= 4 is 45.8 Å². The molecule has 0 aliphatic rings. The van der Waals surface area contributed by atoms with Gasteiger partial charge < -0.3 is 5.32 Å². The second-order valence-electron chi connectivity index (χ2n) is 6.32. The van der Waals surface area contributed by atoms with Gasteiger partial charge in [-0.05, 0) is 43.3 Å². The van der Waals surface area contributed by atoms with Crippen molar-refractivity contribution < 1.29 is 4.79 Å². The number of anilines is 1. The zero-order chi connectivity index (χ0) is 19.7. The number of aromatic nitrogens is 2. The van der Waals surface area contributed by atoms with Gasteiger partial charge in [-0.25, -0.2) is 9.97 Å². The minimum atomic E-state index is -0.252. The van der Waals surface area contributed by atoms with Crippen LogP contribution in [0, 0.1) is 6.92 Å². The van der Waals surface area contributed by atoms with Gasteiger partial charge in [0.2, 0.25) is 0 Å². The molecule has 1 N–H and O–H groups in total. The van der Waals surface area contributed by atoms with Crippen LogP contribution < -0.4 is 5.32 Å². The van der Waals surface area contributed by atoms with E-state index in [1.54, 1.807) is 24.3 Å². The van der Waals surface area contributed by atoms with Gasteiger partial charge >= 0.3 is 0 Å². The van der Waals surface area contributed by atoms with E-state index in [2.05, 4.69) is 15.3 Å². The van der Waals surface area contributed by atoms with Crippen LogP contribution >= 0.6 is 23.2 Å². The number of hydrogen-bond donors (Lipinski definition) is 1. The van der Waals surface area contributed by atoms with Gasteiger partial charge in [0.1, 0.15) is 5.82 Å². The second-order valence-corrected chi connectivity index (χ2v) is 7.13. The highest BCUT2D eigenvalue weighted by Crippen LogP contribution is 2.30. The summed E-state index contributed by atoms with van der Waals surface area (Å²) in [6, 6.07) is 20.0. The Hall–Kier alpha value is -2.95. The number of nitrogens with zero attached hydrogens (tertiary/aromatic N) is 2. The largest absolute Gasteiger partial charge is 0.307 e. The number of para-hydroxylation sites is 1. The number of carbonyl (C=O) groups is 1. The molecule has 2 aromatic carbocycles. The summed E-state index contributed by atoms with van der Waals surface area (Å²) in [5, 5.41) is 4.53. The fraction of sp³-hybridized carbons (Fsp3) is 0.0455. The second kappa shape index (κ2) is 7.58. The Bertz CT molecular complexity index is 1210. The third-order valence-electron chi connectivity index (χ3n) is 4.31. The Morgan fingerprint density at radius 3 is 2.50 bits per heavy atom. The summed E-state index contributed by atoms with van der Waals surface area (Å²) in [5.74, 6) is 0.250. The predicted molar refractivity (Wildman–Crippen MR) is 114 cm³/mol. The lowest BCUT2D eigenvalue weighted by Gasteiger charge is -2.11. The lowest BCUT2D eigenvalue weighted by atomic mass is 10.0. The first-order valence-corrected chi connectivity index (χ1v) is 9.37. The van der Waals surface area contributed by atoms with Gasteiger partial charge in [0, 0.05) is 16.6 Å². The molecule has 0 radical (unpaired) electrons. The molecule has 0 aliphatic carbocycles. The molecule has 0 saturated heterocycles. The van der Waals surface area contributed by atoms with Gasteiger partial charge in [0.25, 0.3) is 5.91 Å². The van der Waals surface area contributed by atoms with Gasteiger partial charge in [-0.15, -0.1) is 0 Å². The molecule has 0 fully saturated rings. The molecule has 4 rings (SSSR count). The molecule has 0 unspecified atom stereocenters. The van der Waals surface area contributed by atoms with E-state index < -0.39 is 0 Å². The smallest absolute Gasteiger partial charge is 0.257 e. The number of fused-ring (bicyclic) bond motifs is 1. The third-order valence-corrected chi connectivity index (χ3v) is 5.05. The van der Waals surface area contributed by atoms with Gasteiger partial charge in [0.15, 0.2) is 0 Å². The first kappa shape index (κ1) is 18.4. The number of benzene rings is 2. The van der Waals surface area contributed by atoms with Crippen molar-refractivity contribution in [3.8, 4) is 11.3 Å². The molecule has 28 heavy (non-hydrogen) atoms. The summed E-state index contributed by atoms with van der Waals surface area (Å²) < 4.78 is 0. The molecule has 0 atom stereocenters. The van der Waals surface area contributed by atoms with Crippen molar-refractivity contribution in [2.45, 2.75) is 6.92 Å². The van der Waals surface area contributed by atoms with Crippen LogP contribution in [0.5, 0.6) is 0 Å². The average molecular weight is 408 g/mol. The molecule has 0 saturated carbocycles. The Kier molecular flexibility index (Phi) is 4.99. The van der Waals surface area contributed by atoms with Crippen molar-refractivity contribution in [1.29, 1.82) is 0 Å². The molecule has 0 spiro atoms. The number of aryl methyl sites for hydroxylation is 1. The molecular weight excluding hydrogens is 393 g/mol. The van der Waals surface area contributed by atoms with E-state index >= 15 is 0 Å². The van der Waals surface area contributed by atoms with Crippen LogP contribution in [0.25, 0.3) is 22.2 Å². The Morgan fingerprint density at radius 2 is 1.71 bits per heavy atom. The Labute approximate surface area is 172 Å². The molecule has 138 valence electrons. The number of nitrogens with one attached hydrogen (secondary N) is 1. The molecule has 4 nitrogen and oxygen atoms in total. The highest BCUT2D eigenvalue weighted by Gasteiger charge is 2.15. The van der Waals surface area contributed by atoms with Gasteiger partial charge in [-0.2, -0.15) is 0 Å². The van der Waals surface area contributed by atoms with E-state index in [1.807, 2.05) is 49.4 Å². The molecule has 1 amide bonds. The lowest BCUT2D eigenvalue weighted by Crippen LogP contribution is -2.14. The van der Waals surface area contributed by atoms with Gasteiger partial charge in [0.05, 0.1) is 26.8 Å². The minimum absolute atomic E-state index is 0.252. The van der Waals surface area contributed by atoms with Gasteiger partial charge in [-0.3, -0.25) is 4.79 Å². The monoisotopic (exact) mass is 407 g/mol. The van der Waals surface area contributed by atoms with E-state index in [0.717, 1.165) is 16.6 Å². The number of pyridine rings is 2. The predicted octanol–water partition coefficient (Wildman–Crippen LogP) is 6.16. The summed E-state index contributed by atoms with van der Waals surface area (Å²) in [6.07, 6.45) is 0. The van der Waals surface area contributed by atoms with Crippen molar-refractivity contribution in [3.05, 3.63) is 88.0 Å². The normalized spacial score (nSPS) is 10.8. The van der Waals surface area contributed by atoms with E-state index in [0.29, 0.717) is 32.6 Å². The SMILES string of the molecule is Cc1cccc(NC(=O)c2cc(-c3ccc(Cl)c(Cl)c3)nc3ccccc23)n1. The molecule has 2 heterocycles. The van der Waals surface area contributed by atoms with Gasteiger partial charge in [-0.1, -0.05) is 53.5 Å². The fourth-order valence-electron chi connectivity index (χ4n) is 2.96. The minimum Gasteiger partial charge on any atom is -0.307 e. The highest BCUT2D eigenvalue weighted by atomic mass is 35.5. The van der Waals surface area contributed by atoms with Crippen molar-refractivity contribution in [1.82, 2.24) is 9.97 Å². The summed E-state index contributed by atoms with van der Waals surface area (Å²) in [4.78, 5) is 22.0. The Morgan fingerprint density at radius 1 is 0.893 bits per heavy atom. The van der Waals surface area contributed by atoms with Crippen LogP contribution in [-0.2, 0) is 0 Å². The topological polar surface area (TPSA) is 54.9 Å². The molecular formula is C22H15Cl2N3O. The van der Waals surface area contributed by atoms with Crippen LogP contribution in [0.2, 0.25) is 10.0 Å². The molecule has 4 aromatic rings. The van der Waals surface area contributed by atoms with Crippen molar-refractivity contribution in [3.63, 3.8) is 0 Å². The number of rotatable bonds is 3. The van der Waals surface area contributed by atoms with Crippen LogP contribution in [0.4, 0.5) is 5.82 Å². The van der Waals surface area contributed by atoms with Crippen LogP contribution in [-0.4, -0.2) is 15.9 Å². The number of carbonyl (C=O) groups excluding carboxylic acids is 1. The molecule has 2 aromatic heterocycles. The third kappa shape index (κ3) is 3.70. The van der Waals surface area contributed by atoms with Crippen LogP contribution in [0.15, 0.2) is 66.7 Å².